The van der Waals surface area contributed by atoms with Crippen LogP contribution < -0.4 is 10.2 Å². The van der Waals surface area contributed by atoms with Crippen LogP contribution in [0.3, 0.4) is 0 Å². The molecular formula is C21H20O13. The summed E-state index contributed by atoms with van der Waals surface area (Å²) in [5, 5.41) is 89.6. The smallest absolute Gasteiger partial charge is 0.266 e. The molecule has 2 heterocycles. The van der Waals surface area contributed by atoms with E-state index in [9.17, 15) is 50.8 Å². The maximum Gasteiger partial charge on any atom is 0.266 e. The minimum atomic E-state index is -3.02. The molecule has 0 radical (unpaired) electrons. The number of rotatable bonds is 4. The number of benzene rings is 2. The van der Waals surface area contributed by atoms with Crippen LogP contribution in [-0.4, -0.2) is 83.0 Å². The summed E-state index contributed by atoms with van der Waals surface area (Å²) < 4.78 is 15.9. The van der Waals surface area contributed by atoms with Crippen LogP contribution in [0.15, 0.2) is 39.5 Å². The Morgan fingerprint density at radius 2 is 1.68 bits per heavy atom. The van der Waals surface area contributed by atoms with Gasteiger partial charge >= 0.3 is 0 Å². The summed E-state index contributed by atoms with van der Waals surface area (Å²) in [5.41, 5.74) is -1.55. The van der Waals surface area contributed by atoms with E-state index in [-0.39, 0.29) is 11.1 Å². The van der Waals surface area contributed by atoms with Gasteiger partial charge in [0, 0.05) is 17.7 Å². The van der Waals surface area contributed by atoms with E-state index in [1.165, 1.54) is 6.07 Å². The van der Waals surface area contributed by atoms with Crippen LogP contribution in [0.5, 0.6) is 28.7 Å². The van der Waals surface area contributed by atoms with E-state index >= 15 is 0 Å². The third kappa shape index (κ3) is 3.66. The van der Waals surface area contributed by atoms with Crippen molar-refractivity contribution in [1.29, 1.82) is 0 Å². The number of fused-ring (bicyclic) bond motifs is 1. The van der Waals surface area contributed by atoms with Crippen molar-refractivity contribution in [2.24, 2.45) is 0 Å². The fourth-order valence-electron chi connectivity index (χ4n) is 3.62. The van der Waals surface area contributed by atoms with E-state index in [0.29, 0.717) is 0 Å². The Balaban J connectivity index is 1.99. The molecule has 0 amide bonds. The van der Waals surface area contributed by atoms with Gasteiger partial charge in [0.1, 0.15) is 28.6 Å². The Morgan fingerprint density at radius 1 is 0.971 bits per heavy atom. The van der Waals surface area contributed by atoms with Crippen LogP contribution in [0.4, 0.5) is 0 Å². The second-order valence-electron chi connectivity index (χ2n) is 7.62. The average molecular weight is 480 g/mol. The highest BCUT2D eigenvalue weighted by Crippen LogP contribution is 2.41. The number of phenolic OH excluding ortho intramolecular Hbond substituents is 4. The first kappa shape index (κ1) is 23.6. The molecule has 13 heteroatoms. The molecule has 1 aliphatic rings. The van der Waals surface area contributed by atoms with Gasteiger partial charge in [-0.25, -0.2) is 0 Å². The first-order valence-corrected chi connectivity index (χ1v) is 9.75. The first-order chi connectivity index (χ1) is 16.0. The lowest BCUT2D eigenvalue weighted by Gasteiger charge is -2.45. The van der Waals surface area contributed by atoms with Crippen molar-refractivity contribution in [2.75, 3.05) is 6.61 Å². The highest BCUT2D eigenvalue weighted by Gasteiger charge is 2.57. The van der Waals surface area contributed by atoms with E-state index in [2.05, 4.69) is 0 Å². The minimum absolute atomic E-state index is 0.0944. The van der Waals surface area contributed by atoms with Crippen molar-refractivity contribution < 1.29 is 59.8 Å². The molecule has 2 aromatic carbocycles. The Morgan fingerprint density at radius 3 is 2.32 bits per heavy atom. The Labute approximate surface area is 189 Å². The standard InChI is InChI=1S/C21H20O13/c22-6-13-21(31,19(29)16(28)20(30)33-13)34-18-15(27)14-11(26)4-8(23)5-12(14)32-17(18)7-1-2-9(24)10(25)3-7/h1-5,13,16,19-20,22-26,28-31H,6H2. The minimum Gasteiger partial charge on any atom is -0.508 e. The molecule has 1 fully saturated rings. The van der Waals surface area contributed by atoms with Gasteiger partial charge in [-0.05, 0) is 18.2 Å². The van der Waals surface area contributed by atoms with Crippen LogP contribution in [-0.2, 0) is 4.74 Å². The molecular weight excluding hydrogens is 460 g/mol. The van der Waals surface area contributed by atoms with Crippen LogP contribution in [0.25, 0.3) is 22.3 Å². The molecule has 0 saturated carbocycles. The maximum atomic E-state index is 13.3. The van der Waals surface area contributed by atoms with Gasteiger partial charge in [0.05, 0.1) is 6.61 Å². The summed E-state index contributed by atoms with van der Waals surface area (Å²) in [6, 6.07) is 5.03. The molecule has 4 rings (SSSR count). The molecule has 0 aliphatic carbocycles. The summed E-state index contributed by atoms with van der Waals surface area (Å²) in [5.74, 6) is -6.73. The van der Waals surface area contributed by atoms with Gasteiger partial charge in [0.25, 0.3) is 5.79 Å². The zero-order chi connectivity index (χ0) is 24.9. The summed E-state index contributed by atoms with van der Waals surface area (Å²) in [4.78, 5) is 13.3. The largest absolute Gasteiger partial charge is 0.508 e. The fourth-order valence-corrected chi connectivity index (χ4v) is 3.62. The van der Waals surface area contributed by atoms with Crippen molar-refractivity contribution in [1.82, 2.24) is 0 Å². The molecule has 182 valence electrons. The first-order valence-electron chi connectivity index (χ1n) is 9.75. The summed E-state index contributed by atoms with van der Waals surface area (Å²) in [6.45, 7) is -1.04. The van der Waals surface area contributed by atoms with E-state index in [1.54, 1.807) is 0 Å². The van der Waals surface area contributed by atoms with Gasteiger partial charge in [0.15, 0.2) is 35.8 Å². The van der Waals surface area contributed by atoms with Crippen LogP contribution in [0.1, 0.15) is 0 Å². The predicted octanol–water partition coefficient (Wildman–Crippen LogP) is -1.22. The number of ether oxygens (including phenoxy) is 2. The lowest BCUT2D eigenvalue weighted by molar-refractivity contribution is -0.370. The van der Waals surface area contributed by atoms with E-state index in [1.807, 2.05) is 0 Å². The Kier molecular flexibility index (Phi) is 5.77. The van der Waals surface area contributed by atoms with Gasteiger partial charge in [-0.3, -0.25) is 4.79 Å². The lowest BCUT2D eigenvalue weighted by Crippen LogP contribution is -2.69. The van der Waals surface area contributed by atoms with Crippen molar-refractivity contribution in [2.45, 2.75) is 30.4 Å². The van der Waals surface area contributed by atoms with Gasteiger partial charge in [-0.2, -0.15) is 0 Å². The Hall–Kier alpha value is -3.59. The van der Waals surface area contributed by atoms with Crippen LogP contribution in [0.2, 0.25) is 0 Å². The SMILES string of the molecule is O=c1c(OC2(O)C(CO)OC(O)C(O)C2O)c(-c2ccc(O)c(O)c2)oc2cc(O)cc(O)c12. The van der Waals surface area contributed by atoms with Gasteiger partial charge in [-0.1, -0.05) is 0 Å². The molecule has 0 spiro atoms. The van der Waals surface area contributed by atoms with Crippen molar-refractivity contribution in [3.8, 4) is 40.1 Å². The zero-order valence-corrected chi connectivity index (χ0v) is 17.1. The number of aromatic hydroxyl groups is 4. The highest BCUT2D eigenvalue weighted by molar-refractivity contribution is 5.88. The molecule has 0 bridgehead atoms. The summed E-state index contributed by atoms with van der Waals surface area (Å²) >= 11 is 0. The quantitative estimate of drug-likeness (QED) is 0.158. The Bertz CT molecular complexity index is 1300. The molecule has 1 saturated heterocycles. The summed E-state index contributed by atoms with van der Waals surface area (Å²) in [6.07, 6.45) is -8.31. The molecule has 3 aromatic rings. The lowest BCUT2D eigenvalue weighted by atomic mass is 9.94. The van der Waals surface area contributed by atoms with E-state index in [4.69, 9.17) is 13.9 Å². The fraction of sp³-hybridized carbons (Fsp3) is 0.286. The molecule has 1 aliphatic heterocycles. The third-order valence-electron chi connectivity index (χ3n) is 5.39. The molecule has 5 atom stereocenters. The van der Waals surface area contributed by atoms with Gasteiger partial charge in [0.2, 0.25) is 11.2 Å². The third-order valence-corrected chi connectivity index (χ3v) is 5.39. The number of hydrogen-bond acceptors (Lipinski definition) is 13. The number of phenols is 4. The normalized spacial score (nSPS) is 27.1. The van der Waals surface area contributed by atoms with E-state index in [0.717, 1.165) is 24.3 Å². The number of aliphatic hydroxyl groups excluding tert-OH is 4. The van der Waals surface area contributed by atoms with Crippen LogP contribution in [0, 0.1) is 0 Å². The molecule has 1 aromatic heterocycles. The van der Waals surface area contributed by atoms with E-state index < -0.39 is 82.3 Å². The predicted molar refractivity (Wildman–Crippen MR) is 110 cm³/mol. The number of aliphatic hydroxyl groups is 5. The zero-order valence-electron chi connectivity index (χ0n) is 17.1. The second-order valence-corrected chi connectivity index (χ2v) is 7.62. The monoisotopic (exact) mass is 480 g/mol. The van der Waals surface area contributed by atoms with Crippen molar-refractivity contribution in [3.05, 3.63) is 40.6 Å². The molecule has 34 heavy (non-hydrogen) atoms. The summed E-state index contributed by atoms with van der Waals surface area (Å²) in [7, 11) is 0. The average Bonchev–Trinajstić information content (AvgIpc) is 2.78. The van der Waals surface area contributed by atoms with Crippen molar-refractivity contribution >= 4 is 11.0 Å². The van der Waals surface area contributed by atoms with Crippen molar-refractivity contribution in [3.63, 3.8) is 0 Å². The molecule has 9 N–H and O–H groups in total. The molecule has 5 unspecified atom stereocenters. The van der Waals surface area contributed by atoms with Gasteiger partial charge < -0.3 is 59.8 Å². The highest BCUT2D eigenvalue weighted by atomic mass is 16.7. The second kappa shape index (κ2) is 8.32. The van der Waals surface area contributed by atoms with Crippen LogP contribution >= 0.6 is 0 Å². The van der Waals surface area contributed by atoms with Gasteiger partial charge in [-0.15, -0.1) is 0 Å². The topological polar surface area (TPSA) is 231 Å². The number of hydrogen-bond donors (Lipinski definition) is 9. The maximum absolute atomic E-state index is 13.3. The molecule has 13 nitrogen and oxygen atoms in total.